The van der Waals surface area contributed by atoms with Crippen LogP contribution in [0.3, 0.4) is 0 Å². The van der Waals surface area contributed by atoms with Crippen LogP contribution in [-0.2, 0) is 9.53 Å². The van der Waals surface area contributed by atoms with E-state index in [9.17, 15) is 9.59 Å². The molecule has 0 aliphatic heterocycles. The zero-order chi connectivity index (χ0) is 12.0. The van der Waals surface area contributed by atoms with Gasteiger partial charge in [0.05, 0.1) is 17.9 Å². The minimum Gasteiger partial charge on any atom is -0.480 e. The van der Waals surface area contributed by atoms with Gasteiger partial charge < -0.3 is 15.2 Å². The first-order valence-corrected chi connectivity index (χ1v) is 5.18. The third-order valence-corrected chi connectivity index (χ3v) is 2.29. The summed E-state index contributed by atoms with van der Waals surface area (Å²) in [5, 5.41) is 11.2. The van der Waals surface area contributed by atoms with E-state index in [-0.39, 0.29) is 18.7 Å². The number of hydrogen-bond donors (Lipinski definition) is 2. The maximum Gasteiger partial charge on any atom is 0.326 e. The maximum atomic E-state index is 11.5. The average molecular weight is 245 g/mol. The molecule has 0 saturated carbocycles. The van der Waals surface area contributed by atoms with Crippen LogP contribution < -0.4 is 5.32 Å². The number of carbonyl (C=O) groups excluding carboxylic acids is 1. The van der Waals surface area contributed by atoms with Gasteiger partial charge in [-0.2, -0.15) is 8.75 Å². The largest absolute Gasteiger partial charge is 0.480 e. The van der Waals surface area contributed by atoms with Gasteiger partial charge in [-0.05, 0) is 0 Å². The minimum absolute atomic E-state index is 0.119. The quantitative estimate of drug-likeness (QED) is 0.717. The first-order valence-electron chi connectivity index (χ1n) is 4.45. The van der Waals surface area contributed by atoms with E-state index in [2.05, 4.69) is 14.1 Å². The second-order valence-electron chi connectivity index (χ2n) is 2.94. The van der Waals surface area contributed by atoms with E-state index in [1.165, 1.54) is 13.3 Å². The molecule has 1 rings (SSSR count). The lowest BCUT2D eigenvalue weighted by atomic mass is 10.2. The molecule has 8 heteroatoms. The summed E-state index contributed by atoms with van der Waals surface area (Å²) in [5.41, 5.74) is 0.119. The summed E-state index contributed by atoms with van der Waals surface area (Å²) in [6, 6.07) is -0.978. The van der Waals surface area contributed by atoms with Crippen molar-refractivity contribution in [3.05, 3.63) is 11.9 Å². The van der Waals surface area contributed by atoms with Crippen molar-refractivity contribution in [3.63, 3.8) is 0 Å². The van der Waals surface area contributed by atoms with Gasteiger partial charge in [-0.15, -0.1) is 0 Å². The van der Waals surface area contributed by atoms with Crippen molar-refractivity contribution >= 4 is 23.6 Å². The standard InChI is InChI=1S/C8H11N3O4S/c1-15-3-2-5(8(13)14)10-7(12)6-4-9-16-11-6/h4-5H,2-3H2,1H3,(H,10,12)(H,13,14). The topological polar surface area (TPSA) is 101 Å². The van der Waals surface area contributed by atoms with E-state index >= 15 is 0 Å². The average Bonchev–Trinajstić information content (AvgIpc) is 2.76. The Labute approximate surface area is 95.8 Å². The Balaban J connectivity index is 2.54. The van der Waals surface area contributed by atoms with Gasteiger partial charge >= 0.3 is 5.97 Å². The molecule has 0 saturated heterocycles. The summed E-state index contributed by atoms with van der Waals surface area (Å²) in [6.07, 6.45) is 1.49. The number of nitrogens with one attached hydrogen (secondary N) is 1. The van der Waals surface area contributed by atoms with Gasteiger partial charge in [-0.3, -0.25) is 4.79 Å². The molecule has 88 valence electrons. The molecule has 0 aromatic carbocycles. The van der Waals surface area contributed by atoms with Gasteiger partial charge in [0.2, 0.25) is 0 Å². The molecule has 1 atom stereocenters. The Kier molecular flexibility index (Phi) is 4.80. The van der Waals surface area contributed by atoms with E-state index < -0.39 is 17.9 Å². The van der Waals surface area contributed by atoms with Crippen LogP contribution in [0.15, 0.2) is 6.20 Å². The zero-order valence-corrected chi connectivity index (χ0v) is 9.36. The van der Waals surface area contributed by atoms with Gasteiger partial charge in [0.25, 0.3) is 5.91 Å². The third kappa shape index (κ3) is 3.55. The number of rotatable bonds is 6. The lowest BCUT2D eigenvalue weighted by Crippen LogP contribution is -2.41. The summed E-state index contributed by atoms with van der Waals surface area (Å²) in [6.45, 7) is 0.257. The number of carbonyl (C=O) groups is 2. The first kappa shape index (κ1) is 12.5. The Hall–Kier alpha value is -1.54. The van der Waals surface area contributed by atoms with Crippen molar-refractivity contribution in [2.45, 2.75) is 12.5 Å². The molecule has 16 heavy (non-hydrogen) atoms. The molecule has 0 aliphatic carbocycles. The number of carboxylic acids is 1. The fourth-order valence-electron chi connectivity index (χ4n) is 0.990. The summed E-state index contributed by atoms with van der Waals surface area (Å²) in [7, 11) is 1.46. The van der Waals surface area contributed by atoms with Crippen LogP contribution in [0.1, 0.15) is 16.9 Å². The van der Waals surface area contributed by atoms with Gasteiger partial charge in [-0.1, -0.05) is 0 Å². The van der Waals surface area contributed by atoms with E-state index in [1.54, 1.807) is 0 Å². The van der Waals surface area contributed by atoms with Crippen LogP contribution in [-0.4, -0.2) is 45.5 Å². The van der Waals surface area contributed by atoms with Crippen molar-refractivity contribution in [2.75, 3.05) is 13.7 Å². The maximum absolute atomic E-state index is 11.5. The van der Waals surface area contributed by atoms with Crippen LogP contribution in [0.2, 0.25) is 0 Å². The fourth-order valence-corrected chi connectivity index (χ4v) is 1.40. The van der Waals surface area contributed by atoms with Crippen molar-refractivity contribution in [3.8, 4) is 0 Å². The van der Waals surface area contributed by atoms with Crippen LogP contribution >= 0.6 is 11.7 Å². The molecule has 0 bridgehead atoms. The van der Waals surface area contributed by atoms with Gasteiger partial charge in [0, 0.05) is 20.1 Å². The number of hydrogen-bond acceptors (Lipinski definition) is 6. The smallest absolute Gasteiger partial charge is 0.326 e. The molecular weight excluding hydrogens is 234 g/mol. The first-order chi connectivity index (χ1) is 7.65. The monoisotopic (exact) mass is 245 g/mol. The molecule has 0 radical (unpaired) electrons. The molecule has 1 amide bonds. The summed E-state index contributed by atoms with van der Waals surface area (Å²) in [5.74, 6) is -1.65. The normalized spacial score (nSPS) is 12.1. The number of carboxylic acid groups (broad SMARTS) is 1. The number of methoxy groups -OCH3 is 1. The van der Waals surface area contributed by atoms with Crippen molar-refractivity contribution in [1.29, 1.82) is 0 Å². The SMILES string of the molecule is COCCC(NC(=O)c1cnsn1)C(=O)O. The van der Waals surface area contributed by atoms with E-state index in [0.717, 1.165) is 11.7 Å². The Morgan fingerprint density at radius 1 is 1.69 bits per heavy atom. The fraction of sp³-hybridized carbons (Fsp3) is 0.500. The molecule has 1 aromatic heterocycles. The molecule has 7 nitrogen and oxygen atoms in total. The van der Waals surface area contributed by atoms with Crippen molar-refractivity contribution < 1.29 is 19.4 Å². The van der Waals surface area contributed by atoms with Crippen LogP contribution in [0.4, 0.5) is 0 Å². The zero-order valence-electron chi connectivity index (χ0n) is 8.54. The molecule has 1 aromatic rings. The van der Waals surface area contributed by atoms with Gasteiger partial charge in [0.15, 0.2) is 5.69 Å². The van der Waals surface area contributed by atoms with Crippen LogP contribution in [0, 0.1) is 0 Å². The highest BCUT2D eigenvalue weighted by Crippen LogP contribution is 1.99. The lowest BCUT2D eigenvalue weighted by molar-refractivity contribution is -0.139. The summed E-state index contributed by atoms with van der Waals surface area (Å²) in [4.78, 5) is 22.3. The summed E-state index contributed by atoms with van der Waals surface area (Å²) >= 11 is 0.888. The van der Waals surface area contributed by atoms with E-state index in [1.807, 2.05) is 0 Å². The third-order valence-electron chi connectivity index (χ3n) is 1.81. The molecule has 2 N–H and O–H groups in total. The molecule has 0 aliphatic rings. The second kappa shape index (κ2) is 6.13. The van der Waals surface area contributed by atoms with Crippen molar-refractivity contribution in [2.24, 2.45) is 0 Å². The Morgan fingerprint density at radius 2 is 2.44 bits per heavy atom. The van der Waals surface area contributed by atoms with E-state index in [4.69, 9.17) is 9.84 Å². The van der Waals surface area contributed by atoms with Crippen LogP contribution in [0.25, 0.3) is 0 Å². The van der Waals surface area contributed by atoms with Crippen LogP contribution in [0.5, 0.6) is 0 Å². The van der Waals surface area contributed by atoms with E-state index in [0.29, 0.717) is 0 Å². The molecule has 0 spiro atoms. The number of amides is 1. The van der Waals surface area contributed by atoms with Gasteiger partial charge in [0.1, 0.15) is 6.04 Å². The highest BCUT2D eigenvalue weighted by molar-refractivity contribution is 6.99. The molecular formula is C8H11N3O4S. The van der Waals surface area contributed by atoms with Gasteiger partial charge in [-0.25, -0.2) is 4.79 Å². The highest BCUT2D eigenvalue weighted by atomic mass is 32.1. The number of aromatic nitrogens is 2. The Morgan fingerprint density at radius 3 is 2.94 bits per heavy atom. The summed E-state index contributed by atoms with van der Waals surface area (Å²) < 4.78 is 12.1. The minimum atomic E-state index is -1.10. The predicted octanol–water partition coefficient (Wildman–Crippen LogP) is -0.242. The second-order valence-corrected chi connectivity index (χ2v) is 3.50. The number of nitrogens with zero attached hydrogens (tertiary/aromatic N) is 2. The predicted molar refractivity (Wildman–Crippen MR) is 55.3 cm³/mol. The molecule has 1 heterocycles. The molecule has 0 fully saturated rings. The lowest BCUT2D eigenvalue weighted by Gasteiger charge is -2.12. The van der Waals surface area contributed by atoms with Crippen molar-refractivity contribution in [1.82, 2.24) is 14.1 Å². The number of ether oxygens (including phenoxy) is 1. The highest BCUT2D eigenvalue weighted by Gasteiger charge is 2.21. The number of aliphatic carboxylic acids is 1. The Bertz CT molecular complexity index is 354. The molecule has 1 unspecified atom stereocenters.